The van der Waals surface area contributed by atoms with Crippen molar-refractivity contribution < 1.29 is 18.2 Å². The number of methoxy groups -OCH3 is 1. The molecule has 0 saturated heterocycles. The molecule has 0 saturated carbocycles. The molecule has 1 heterocycles. The molecule has 3 atom stereocenters. The molecular formula is C21H24FNO3S. The Hall–Kier alpha value is -2.21. The van der Waals surface area contributed by atoms with Gasteiger partial charge >= 0.3 is 0 Å². The Morgan fingerprint density at radius 2 is 2.04 bits per heavy atom. The van der Waals surface area contributed by atoms with Gasteiger partial charge in [-0.1, -0.05) is 30.3 Å². The molecule has 3 unspecified atom stereocenters. The van der Waals surface area contributed by atoms with E-state index in [0.717, 1.165) is 28.2 Å². The topological polar surface area (TPSA) is 47.9 Å². The van der Waals surface area contributed by atoms with Gasteiger partial charge < -0.3 is 9.57 Å². The fourth-order valence-corrected chi connectivity index (χ4v) is 3.70. The third-order valence-corrected chi connectivity index (χ3v) is 6.25. The van der Waals surface area contributed by atoms with Gasteiger partial charge in [-0.05, 0) is 36.2 Å². The maximum Gasteiger partial charge on any atom is 0.134 e. The molecule has 2 aromatic carbocycles. The second kappa shape index (κ2) is 8.21. The summed E-state index contributed by atoms with van der Waals surface area (Å²) in [5, 5.41) is 4.16. The van der Waals surface area contributed by atoms with Crippen LogP contribution in [0.25, 0.3) is 11.1 Å². The Kier molecular flexibility index (Phi) is 5.95. The third kappa shape index (κ3) is 4.38. The summed E-state index contributed by atoms with van der Waals surface area (Å²) in [4.78, 5) is 5.46. The lowest BCUT2D eigenvalue weighted by molar-refractivity contribution is 0.0794. The number of hydrogen-bond acceptors (Lipinski definition) is 4. The van der Waals surface area contributed by atoms with Crippen molar-refractivity contribution in [3.05, 3.63) is 53.3 Å². The van der Waals surface area contributed by atoms with Crippen molar-refractivity contribution in [1.82, 2.24) is 0 Å². The summed E-state index contributed by atoms with van der Waals surface area (Å²) in [5.74, 6) is 0.453. The fraction of sp³-hybridized carbons (Fsp3) is 0.381. The summed E-state index contributed by atoms with van der Waals surface area (Å²) in [5.41, 5.74) is 3.77. The summed E-state index contributed by atoms with van der Waals surface area (Å²) in [6.07, 6.45) is 2.85. The first-order valence-electron chi connectivity index (χ1n) is 8.89. The van der Waals surface area contributed by atoms with E-state index in [-0.39, 0.29) is 17.2 Å². The van der Waals surface area contributed by atoms with E-state index in [1.165, 1.54) is 6.07 Å². The molecule has 0 fully saturated rings. The number of nitrogens with zero attached hydrogens (tertiary/aromatic N) is 1. The van der Waals surface area contributed by atoms with Crippen LogP contribution >= 0.6 is 0 Å². The van der Waals surface area contributed by atoms with Crippen molar-refractivity contribution in [1.29, 1.82) is 0 Å². The van der Waals surface area contributed by atoms with Gasteiger partial charge in [0.2, 0.25) is 0 Å². The predicted octanol–water partition coefficient (Wildman–Crippen LogP) is 4.46. The number of hydrogen-bond donors (Lipinski definition) is 0. The van der Waals surface area contributed by atoms with Crippen molar-refractivity contribution in [2.75, 3.05) is 13.4 Å². The van der Waals surface area contributed by atoms with E-state index in [1.54, 1.807) is 19.4 Å². The van der Waals surface area contributed by atoms with Crippen LogP contribution in [0.15, 0.2) is 41.6 Å². The van der Waals surface area contributed by atoms with E-state index in [4.69, 9.17) is 9.57 Å². The molecule has 4 nitrogen and oxygen atoms in total. The Morgan fingerprint density at radius 1 is 1.30 bits per heavy atom. The molecular weight excluding hydrogens is 365 g/mol. The van der Waals surface area contributed by atoms with Crippen LogP contribution in [0.1, 0.15) is 30.9 Å². The van der Waals surface area contributed by atoms with Crippen LogP contribution in [0.3, 0.4) is 0 Å². The highest BCUT2D eigenvalue weighted by atomic mass is 32.2. The van der Waals surface area contributed by atoms with Crippen LogP contribution in [0, 0.1) is 12.7 Å². The zero-order chi connectivity index (χ0) is 19.6. The van der Waals surface area contributed by atoms with E-state index < -0.39 is 10.8 Å². The monoisotopic (exact) mass is 389 g/mol. The van der Waals surface area contributed by atoms with Crippen molar-refractivity contribution in [2.24, 2.45) is 5.16 Å². The zero-order valence-electron chi connectivity index (χ0n) is 16.0. The molecule has 3 rings (SSSR count). The van der Waals surface area contributed by atoms with Crippen LogP contribution in [0.4, 0.5) is 4.39 Å². The SMILES string of the molecule is COc1ccc(-c2ccc(C3=NOC(CC(C)S(C)=O)C3)cc2F)c(C)c1. The molecule has 2 aromatic rings. The van der Waals surface area contributed by atoms with Crippen LogP contribution in [0.5, 0.6) is 5.75 Å². The first-order chi connectivity index (χ1) is 12.9. The Balaban J connectivity index is 1.77. The fourth-order valence-electron chi connectivity index (χ4n) is 3.21. The van der Waals surface area contributed by atoms with E-state index >= 15 is 0 Å². The van der Waals surface area contributed by atoms with Gasteiger partial charge in [-0.3, -0.25) is 4.21 Å². The highest BCUT2D eigenvalue weighted by Crippen LogP contribution is 2.30. The lowest BCUT2D eigenvalue weighted by atomic mass is 9.96. The van der Waals surface area contributed by atoms with E-state index in [0.29, 0.717) is 18.4 Å². The molecule has 0 aromatic heterocycles. The maximum absolute atomic E-state index is 14.8. The van der Waals surface area contributed by atoms with Crippen molar-refractivity contribution >= 4 is 16.5 Å². The van der Waals surface area contributed by atoms with Gasteiger partial charge in [-0.2, -0.15) is 0 Å². The Bertz CT molecular complexity index is 897. The number of oxime groups is 1. The number of rotatable bonds is 6. The molecule has 27 heavy (non-hydrogen) atoms. The molecule has 0 spiro atoms. The van der Waals surface area contributed by atoms with Gasteiger partial charge in [0.1, 0.15) is 17.7 Å². The van der Waals surface area contributed by atoms with Crippen LogP contribution < -0.4 is 4.74 Å². The summed E-state index contributed by atoms with van der Waals surface area (Å²) in [6, 6.07) is 10.7. The number of benzene rings is 2. The molecule has 1 aliphatic rings. The van der Waals surface area contributed by atoms with Crippen molar-refractivity contribution in [3.63, 3.8) is 0 Å². The second-order valence-corrected chi connectivity index (χ2v) is 8.69. The zero-order valence-corrected chi connectivity index (χ0v) is 16.8. The average molecular weight is 389 g/mol. The summed E-state index contributed by atoms with van der Waals surface area (Å²) >= 11 is 0. The van der Waals surface area contributed by atoms with Gasteiger partial charge in [0, 0.05) is 46.3 Å². The number of aryl methyl sites for hydroxylation is 1. The summed E-state index contributed by atoms with van der Waals surface area (Å²) in [7, 11) is 0.717. The highest BCUT2D eigenvalue weighted by molar-refractivity contribution is 7.84. The van der Waals surface area contributed by atoms with E-state index in [1.807, 2.05) is 38.1 Å². The molecule has 0 aliphatic carbocycles. The largest absolute Gasteiger partial charge is 0.497 e. The van der Waals surface area contributed by atoms with Gasteiger partial charge in [-0.25, -0.2) is 4.39 Å². The lowest BCUT2D eigenvalue weighted by Crippen LogP contribution is -2.19. The van der Waals surface area contributed by atoms with Gasteiger partial charge in [0.25, 0.3) is 0 Å². The van der Waals surface area contributed by atoms with Crippen LogP contribution in [-0.4, -0.2) is 34.6 Å². The van der Waals surface area contributed by atoms with Gasteiger partial charge in [0.05, 0.1) is 12.8 Å². The highest BCUT2D eigenvalue weighted by Gasteiger charge is 2.25. The number of ether oxygens (including phenoxy) is 1. The third-order valence-electron chi connectivity index (χ3n) is 4.92. The Labute approximate surface area is 161 Å². The van der Waals surface area contributed by atoms with Crippen molar-refractivity contribution in [3.8, 4) is 16.9 Å². The van der Waals surface area contributed by atoms with Crippen LogP contribution in [0.2, 0.25) is 0 Å². The standard InChI is InChI=1S/C21H24FNO3S/c1-13-9-16(25-3)6-8-18(13)19-7-5-15(11-20(19)22)21-12-17(26-23-21)10-14(2)27(4)24/h5-9,11,14,17H,10,12H2,1-4H3. The molecule has 0 radical (unpaired) electrons. The predicted molar refractivity (Wildman–Crippen MR) is 107 cm³/mol. The van der Waals surface area contributed by atoms with E-state index in [9.17, 15) is 8.60 Å². The Morgan fingerprint density at radius 3 is 2.67 bits per heavy atom. The smallest absolute Gasteiger partial charge is 0.134 e. The molecule has 6 heteroatoms. The van der Waals surface area contributed by atoms with Crippen LogP contribution in [-0.2, 0) is 15.6 Å². The molecule has 1 aliphatic heterocycles. The molecule has 0 amide bonds. The van der Waals surface area contributed by atoms with Gasteiger partial charge in [-0.15, -0.1) is 0 Å². The minimum atomic E-state index is -0.895. The first-order valence-corrected chi connectivity index (χ1v) is 10.5. The quantitative estimate of drug-likeness (QED) is 0.733. The summed E-state index contributed by atoms with van der Waals surface area (Å²) in [6.45, 7) is 3.87. The number of halogens is 1. The van der Waals surface area contributed by atoms with Crippen molar-refractivity contribution in [2.45, 2.75) is 38.0 Å². The average Bonchev–Trinajstić information content (AvgIpc) is 3.10. The first kappa shape index (κ1) is 19.5. The second-order valence-electron chi connectivity index (χ2n) is 6.89. The normalized spacial score (nSPS) is 18.6. The summed E-state index contributed by atoms with van der Waals surface area (Å²) < 4.78 is 31.5. The molecule has 0 N–H and O–H groups in total. The van der Waals surface area contributed by atoms with E-state index in [2.05, 4.69) is 5.16 Å². The minimum absolute atomic E-state index is 0.0432. The molecule has 144 valence electrons. The maximum atomic E-state index is 14.8. The van der Waals surface area contributed by atoms with Gasteiger partial charge in [0.15, 0.2) is 0 Å². The molecule has 0 bridgehead atoms. The lowest BCUT2D eigenvalue weighted by Gasteiger charge is -2.12. The minimum Gasteiger partial charge on any atom is -0.497 e.